The van der Waals surface area contributed by atoms with Gasteiger partial charge in [0.1, 0.15) is 17.6 Å². The summed E-state index contributed by atoms with van der Waals surface area (Å²) in [7, 11) is 3.30. The molecule has 0 heterocycles. The fourth-order valence-corrected chi connectivity index (χ4v) is 3.66. The number of nitrogens with two attached hydrogens (primary N) is 1. The Hall–Kier alpha value is -4.49. The summed E-state index contributed by atoms with van der Waals surface area (Å²) in [5.41, 5.74) is 13.2. The van der Waals surface area contributed by atoms with E-state index in [0.29, 0.717) is 11.3 Å². The first-order valence-electron chi connectivity index (χ1n) is 10.5. The molecule has 0 saturated heterocycles. The lowest BCUT2D eigenvalue weighted by Crippen LogP contribution is -2.00. The second kappa shape index (κ2) is 9.76. The van der Waals surface area contributed by atoms with Crippen molar-refractivity contribution in [3.63, 3.8) is 0 Å². The van der Waals surface area contributed by atoms with Gasteiger partial charge in [0.05, 0.1) is 25.5 Å². The monoisotopic (exact) mass is 432 g/mol. The molecule has 4 rings (SSSR count). The van der Waals surface area contributed by atoms with Gasteiger partial charge in [0.25, 0.3) is 0 Å². The Morgan fingerprint density at radius 2 is 0.909 bits per heavy atom. The Kier molecular flexibility index (Phi) is 6.43. The maximum atomic E-state index is 9.82. The van der Waals surface area contributed by atoms with Crippen molar-refractivity contribution in [1.82, 2.24) is 0 Å². The van der Waals surface area contributed by atoms with Crippen LogP contribution in [0.4, 0.5) is 0 Å². The van der Waals surface area contributed by atoms with Crippen LogP contribution in [0.1, 0.15) is 11.1 Å². The minimum atomic E-state index is 0.452. The minimum Gasteiger partial charge on any atom is -0.497 e. The molecule has 2 N–H and O–H groups in total. The van der Waals surface area contributed by atoms with Gasteiger partial charge in [-0.25, -0.2) is 0 Å². The molecule has 0 saturated carbocycles. The van der Waals surface area contributed by atoms with Crippen molar-refractivity contribution in [3.8, 4) is 39.8 Å². The largest absolute Gasteiger partial charge is 0.497 e. The topological polar surface area (TPSA) is 68.3 Å². The van der Waals surface area contributed by atoms with Crippen LogP contribution in [-0.4, -0.2) is 14.2 Å². The highest BCUT2D eigenvalue weighted by Gasteiger charge is 2.10. The van der Waals surface area contributed by atoms with Gasteiger partial charge in [-0.15, -0.1) is 0 Å². The number of benzene rings is 4. The van der Waals surface area contributed by atoms with Gasteiger partial charge in [0.15, 0.2) is 0 Å². The zero-order chi connectivity index (χ0) is 23.2. The Labute approximate surface area is 194 Å². The Morgan fingerprint density at radius 3 is 1.24 bits per heavy atom. The highest BCUT2D eigenvalue weighted by atomic mass is 16.5. The zero-order valence-electron chi connectivity index (χ0n) is 18.6. The summed E-state index contributed by atoms with van der Waals surface area (Å²) in [6.45, 7) is 0. The van der Waals surface area contributed by atoms with Crippen molar-refractivity contribution < 1.29 is 9.47 Å². The van der Waals surface area contributed by atoms with Crippen LogP contribution in [0.2, 0.25) is 0 Å². The number of methoxy groups -OCH3 is 2. The number of hydrogen-bond acceptors (Lipinski definition) is 4. The fraction of sp³-hybridized carbons (Fsp3) is 0.0690. The van der Waals surface area contributed by atoms with Crippen molar-refractivity contribution in [2.45, 2.75) is 0 Å². The van der Waals surface area contributed by atoms with Gasteiger partial charge in [-0.2, -0.15) is 5.26 Å². The van der Waals surface area contributed by atoms with Crippen molar-refractivity contribution in [2.24, 2.45) is 5.73 Å². The smallest absolute Gasteiger partial charge is 0.118 e. The van der Waals surface area contributed by atoms with Gasteiger partial charge in [-0.1, -0.05) is 72.8 Å². The van der Waals surface area contributed by atoms with E-state index in [1.54, 1.807) is 14.2 Å². The van der Waals surface area contributed by atoms with E-state index in [9.17, 15) is 5.26 Å². The molecule has 0 aliphatic carbocycles. The molecule has 162 valence electrons. The molecule has 0 radical (unpaired) electrons. The molecular formula is C29H24N2O2. The van der Waals surface area contributed by atoms with Crippen LogP contribution in [0.25, 0.3) is 33.5 Å². The third kappa shape index (κ3) is 4.73. The van der Waals surface area contributed by atoms with E-state index in [-0.39, 0.29) is 0 Å². The molecule has 0 aromatic heterocycles. The lowest BCUT2D eigenvalue weighted by atomic mass is 9.96. The van der Waals surface area contributed by atoms with E-state index in [2.05, 4.69) is 6.07 Å². The van der Waals surface area contributed by atoms with Crippen molar-refractivity contribution in [2.75, 3.05) is 14.2 Å². The average Bonchev–Trinajstić information content (AvgIpc) is 2.89. The third-order valence-corrected chi connectivity index (χ3v) is 5.60. The van der Waals surface area contributed by atoms with Crippen LogP contribution >= 0.6 is 0 Å². The predicted octanol–water partition coefficient (Wildman–Crippen LogP) is 6.39. The second-order valence-corrected chi connectivity index (χ2v) is 7.51. The Balaban J connectivity index is 1.59. The molecule has 4 heteroatoms. The van der Waals surface area contributed by atoms with Crippen molar-refractivity contribution >= 4 is 11.3 Å². The molecule has 0 bridgehead atoms. The minimum absolute atomic E-state index is 0.452. The van der Waals surface area contributed by atoms with Crippen molar-refractivity contribution in [3.05, 3.63) is 108 Å². The first kappa shape index (κ1) is 21.7. The van der Waals surface area contributed by atoms with Gasteiger partial charge in [-0.05, 0) is 57.6 Å². The molecule has 0 atom stereocenters. The molecule has 0 spiro atoms. The number of rotatable bonds is 6. The summed E-state index contributed by atoms with van der Waals surface area (Å²) in [5.74, 6) is 1.63. The number of hydrogen-bond donors (Lipinski definition) is 1. The van der Waals surface area contributed by atoms with Crippen LogP contribution in [0.15, 0.2) is 97.1 Å². The molecule has 4 aromatic rings. The fourth-order valence-electron chi connectivity index (χ4n) is 3.66. The standard InChI is InChI=1S/C29H24N2O2/c1-32-26-15-11-22(12-16-26)20-3-7-24(8-4-20)28(19-30)29(31)25-9-5-21(6-10-25)23-13-17-27(33-2)18-14-23/h3-18H,31H2,1-2H3/b29-28-. The molecule has 4 aromatic carbocycles. The van der Waals surface area contributed by atoms with E-state index in [1.165, 1.54) is 0 Å². The van der Waals surface area contributed by atoms with E-state index in [4.69, 9.17) is 15.2 Å². The van der Waals surface area contributed by atoms with Crippen LogP contribution in [-0.2, 0) is 0 Å². The quantitative estimate of drug-likeness (QED) is 0.283. The van der Waals surface area contributed by atoms with Crippen molar-refractivity contribution in [1.29, 1.82) is 5.26 Å². The summed E-state index contributed by atoms with van der Waals surface area (Å²) >= 11 is 0. The molecule has 4 nitrogen and oxygen atoms in total. The first-order chi connectivity index (χ1) is 16.1. The SMILES string of the molecule is COc1ccc(-c2ccc(/C(N)=C(\C#N)c3ccc(-c4ccc(OC)cc4)cc3)cc2)cc1. The lowest BCUT2D eigenvalue weighted by molar-refractivity contribution is 0.415. The number of allylic oxidation sites excluding steroid dienone is 1. The van der Waals surface area contributed by atoms with Crippen LogP contribution in [0.3, 0.4) is 0 Å². The Bertz CT molecular complexity index is 1300. The first-order valence-corrected chi connectivity index (χ1v) is 10.5. The van der Waals surface area contributed by atoms with E-state index >= 15 is 0 Å². The number of nitrogens with zero attached hydrogens (tertiary/aromatic N) is 1. The summed E-state index contributed by atoms with van der Waals surface area (Å²) in [6.07, 6.45) is 0. The van der Waals surface area contributed by atoms with Gasteiger partial charge >= 0.3 is 0 Å². The van der Waals surface area contributed by atoms with Gasteiger partial charge in [0, 0.05) is 0 Å². The Morgan fingerprint density at radius 1 is 0.576 bits per heavy atom. The highest BCUT2D eigenvalue weighted by molar-refractivity contribution is 5.96. The lowest BCUT2D eigenvalue weighted by Gasteiger charge is -2.10. The van der Waals surface area contributed by atoms with E-state index in [0.717, 1.165) is 44.9 Å². The third-order valence-electron chi connectivity index (χ3n) is 5.60. The maximum absolute atomic E-state index is 9.82. The summed E-state index contributed by atoms with van der Waals surface area (Å²) in [5, 5.41) is 9.82. The predicted molar refractivity (Wildman–Crippen MR) is 133 cm³/mol. The maximum Gasteiger partial charge on any atom is 0.118 e. The average molecular weight is 433 g/mol. The molecule has 33 heavy (non-hydrogen) atoms. The number of ether oxygens (including phenoxy) is 2. The van der Waals surface area contributed by atoms with Gasteiger partial charge in [0.2, 0.25) is 0 Å². The normalized spacial score (nSPS) is 11.3. The zero-order valence-corrected chi connectivity index (χ0v) is 18.6. The molecule has 0 unspecified atom stereocenters. The van der Waals surface area contributed by atoms with Crippen LogP contribution in [0, 0.1) is 11.3 Å². The number of nitriles is 1. The summed E-state index contributed by atoms with van der Waals surface area (Å²) < 4.78 is 10.4. The van der Waals surface area contributed by atoms with Gasteiger partial charge in [-0.3, -0.25) is 0 Å². The second-order valence-electron chi connectivity index (χ2n) is 7.51. The van der Waals surface area contributed by atoms with E-state index in [1.807, 2.05) is 97.1 Å². The van der Waals surface area contributed by atoms with E-state index < -0.39 is 0 Å². The van der Waals surface area contributed by atoms with Crippen LogP contribution < -0.4 is 15.2 Å². The van der Waals surface area contributed by atoms with Gasteiger partial charge < -0.3 is 15.2 Å². The summed E-state index contributed by atoms with van der Waals surface area (Å²) in [4.78, 5) is 0. The highest BCUT2D eigenvalue weighted by Crippen LogP contribution is 2.28. The molecule has 0 fully saturated rings. The molecule has 0 amide bonds. The summed E-state index contributed by atoms with van der Waals surface area (Å²) in [6, 6.07) is 33.8. The molecule has 0 aliphatic rings. The van der Waals surface area contributed by atoms with Crippen LogP contribution in [0.5, 0.6) is 11.5 Å². The molecule has 0 aliphatic heterocycles. The molecular weight excluding hydrogens is 408 g/mol.